The predicted octanol–water partition coefficient (Wildman–Crippen LogP) is 3.90. The van der Waals surface area contributed by atoms with Gasteiger partial charge in [-0.3, -0.25) is 0 Å². The van der Waals surface area contributed by atoms with Crippen molar-refractivity contribution < 1.29 is 4.42 Å². The van der Waals surface area contributed by atoms with Gasteiger partial charge in [-0.15, -0.1) is 0 Å². The van der Waals surface area contributed by atoms with Crippen LogP contribution >= 0.6 is 15.9 Å². The molecule has 0 saturated heterocycles. The Kier molecular flexibility index (Phi) is 4.19. The third-order valence-corrected chi connectivity index (χ3v) is 3.53. The zero-order chi connectivity index (χ0) is 13.1. The highest BCUT2D eigenvalue weighted by Gasteiger charge is 2.08. The molecule has 4 heteroatoms. The van der Waals surface area contributed by atoms with Gasteiger partial charge in [0.2, 0.25) is 5.89 Å². The minimum absolute atomic E-state index is 0.269. The van der Waals surface area contributed by atoms with Crippen LogP contribution in [0.5, 0.6) is 0 Å². The molecule has 0 aliphatic heterocycles. The molecule has 0 spiro atoms. The largest absolute Gasteiger partial charge is 0.444 e. The van der Waals surface area contributed by atoms with Crippen LogP contribution in [0.15, 0.2) is 33.2 Å². The molecular weight excluding hydrogens is 292 g/mol. The predicted molar refractivity (Wildman–Crippen MR) is 75.4 cm³/mol. The number of benzene rings is 1. The molecule has 1 N–H and O–H groups in total. The van der Waals surface area contributed by atoms with Crippen LogP contribution in [0.1, 0.15) is 35.9 Å². The van der Waals surface area contributed by atoms with Crippen molar-refractivity contribution in [1.29, 1.82) is 0 Å². The zero-order valence-electron chi connectivity index (χ0n) is 10.8. The Balaban J connectivity index is 1.95. The Labute approximate surface area is 116 Å². The fourth-order valence-electron chi connectivity index (χ4n) is 1.72. The highest BCUT2D eigenvalue weighted by atomic mass is 79.9. The van der Waals surface area contributed by atoms with Gasteiger partial charge in [0.1, 0.15) is 5.76 Å². The second-order valence-corrected chi connectivity index (χ2v) is 5.32. The number of nitrogens with one attached hydrogen (secondary N) is 1. The average molecular weight is 309 g/mol. The molecular formula is C14H17BrN2O. The molecule has 3 nitrogen and oxygen atoms in total. The van der Waals surface area contributed by atoms with E-state index in [4.69, 9.17) is 4.42 Å². The van der Waals surface area contributed by atoms with Gasteiger partial charge in [-0.2, -0.15) is 0 Å². The number of halogens is 1. The van der Waals surface area contributed by atoms with Crippen LogP contribution in [0.25, 0.3) is 0 Å². The van der Waals surface area contributed by atoms with Gasteiger partial charge in [-0.1, -0.05) is 28.1 Å². The molecule has 1 unspecified atom stereocenters. The average Bonchev–Trinajstić information content (AvgIpc) is 2.67. The van der Waals surface area contributed by atoms with Gasteiger partial charge in [0.15, 0.2) is 0 Å². The van der Waals surface area contributed by atoms with Crippen molar-refractivity contribution >= 4 is 15.9 Å². The molecule has 0 aliphatic carbocycles. The molecule has 2 aromatic rings. The maximum atomic E-state index is 5.54. The molecule has 1 atom stereocenters. The summed E-state index contributed by atoms with van der Waals surface area (Å²) in [5, 5.41) is 3.40. The molecule has 0 saturated carbocycles. The summed E-state index contributed by atoms with van der Waals surface area (Å²) < 4.78 is 6.63. The van der Waals surface area contributed by atoms with Gasteiger partial charge in [-0.05, 0) is 38.5 Å². The van der Waals surface area contributed by atoms with Gasteiger partial charge in [-0.25, -0.2) is 4.98 Å². The molecule has 0 radical (unpaired) electrons. The van der Waals surface area contributed by atoms with Gasteiger partial charge in [0.25, 0.3) is 0 Å². The monoisotopic (exact) mass is 308 g/mol. The van der Waals surface area contributed by atoms with E-state index >= 15 is 0 Å². The minimum atomic E-state index is 0.269. The Hall–Kier alpha value is -1.13. The van der Waals surface area contributed by atoms with Gasteiger partial charge >= 0.3 is 0 Å². The van der Waals surface area contributed by atoms with E-state index in [9.17, 15) is 0 Å². The van der Waals surface area contributed by atoms with Crippen molar-refractivity contribution in [2.75, 3.05) is 0 Å². The fourth-order valence-corrected chi connectivity index (χ4v) is 1.99. The summed E-state index contributed by atoms with van der Waals surface area (Å²) in [7, 11) is 0. The standard InChI is InChI=1S/C14H17BrN2O/c1-9-11(3)18-14(17-9)8-16-10(2)12-4-6-13(15)7-5-12/h4-7,10,16H,8H2,1-3H3. The first kappa shape index (κ1) is 13.3. The van der Waals surface area contributed by atoms with Crippen LogP contribution in [0.4, 0.5) is 0 Å². The van der Waals surface area contributed by atoms with E-state index in [1.807, 2.05) is 26.0 Å². The second-order valence-electron chi connectivity index (χ2n) is 4.40. The fraction of sp³-hybridized carbons (Fsp3) is 0.357. The summed E-state index contributed by atoms with van der Waals surface area (Å²) in [6.45, 7) is 6.67. The van der Waals surface area contributed by atoms with Crippen molar-refractivity contribution in [2.45, 2.75) is 33.4 Å². The lowest BCUT2D eigenvalue weighted by Crippen LogP contribution is -2.18. The summed E-state index contributed by atoms with van der Waals surface area (Å²) in [4.78, 5) is 4.35. The topological polar surface area (TPSA) is 38.1 Å². The number of aryl methyl sites for hydroxylation is 2. The maximum absolute atomic E-state index is 5.54. The van der Waals surface area contributed by atoms with E-state index in [-0.39, 0.29) is 6.04 Å². The molecule has 0 fully saturated rings. The first-order valence-electron chi connectivity index (χ1n) is 5.98. The molecule has 96 valence electrons. The number of oxazole rings is 1. The molecule has 1 aromatic carbocycles. The summed E-state index contributed by atoms with van der Waals surface area (Å²) in [6, 6.07) is 8.58. The Morgan fingerprint density at radius 2 is 1.94 bits per heavy atom. The molecule has 2 rings (SSSR count). The lowest BCUT2D eigenvalue weighted by molar-refractivity contribution is 0.432. The molecule has 18 heavy (non-hydrogen) atoms. The van der Waals surface area contributed by atoms with E-state index in [1.54, 1.807) is 0 Å². The minimum Gasteiger partial charge on any atom is -0.444 e. The lowest BCUT2D eigenvalue weighted by Gasteiger charge is -2.12. The number of rotatable bonds is 4. The van der Waals surface area contributed by atoms with Crippen LogP contribution in [-0.2, 0) is 6.54 Å². The number of hydrogen-bond donors (Lipinski definition) is 1. The smallest absolute Gasteiger partial charge is 0.208 e. The van der Waals surface area contributed by atoms with Gasteiger partial charge in [0.05, 0.1) is 12.2 Å². The van der Waals surface area contributed by atoms with Crippen molar-refractivity contribution in [1.82, 2.24) is 10.3 Å². The Bertz CT molecular complexity index is 500. The van der Waals surface area contributed by atoms with Gasteiger partial charge in [0, 0.05) is 10.5 Å². The Morgan fingerprint density at radius 1 is 1.28 bits per heavy atom. The third kappa shape index (κ3) is 3.21. The van der Waals surface area contributed by atoms with Crippen LogP contribution < -0.4 is 5.32 Å². The van der Waals surface area contributed by atoms with Crippen LogP contribution in [0, 0.1) is 13.8 Å². The van der Waals surface area contributed by atoms with Crippen LogP contribution in [0.2, 0.25) is 0 Å². The summed E-state index contributed by atoms with van der Waals surface area (Å²) in [5.74, 6) is 1.64. The summed E-state index contributed by atoms with van der Waals surface area (Å²) >= 11 is 3.44. The molecule has 1 heterocycles. The first-order valence-corrected chi connectivity index (χ1v) is 6.77. The maximum Gasteiger partial charge on any atom is 0.208 e. The Morgan fingerprint density at radius 3 is 2.50 bits per heavy atom. The first-order chi connectivity index (χ1) is 8.56. The van der Waals surface area contributed by atoms with E-state index in [1.165, 1.54) is 5.56 Å². The van der Waals surface area contributed by atoms with E-state index in [0.717, 1.165) is 21.8 Å². The molecule has 0 aliphatic rings. The molecule has 0 bridgehead atoms. The number of nitrogens with zero attached hydrogens (tertiary/aromatic N) is 1. The van der Waals surface area contributed by atoms with Crippen LogP contribution in [0.3, 0.4) is 0 Å². The van der Waals surface area contributed by atoms with Crippen molar-refractivity contribution in [2.24, 2.45) is 0 Å². The van der Waals surface area contributed by atoms with E-state index < -0.39 is 0 Å². The van der Waals surface area contributed by atoms with Crippen molar-refractivity contribution in [3.8, 4) is 0 Å². The summed E-state index contributed by atoms with van der Waals surface area (Å²) in [6.07, 6.45) is 0. The zero-order valence-corrected chi connectivity index (χ0v) is 12.4. The highest BCUT2D eigenvalue weighted by molar-refractivity contribution is 9.10. The normalized spacial score (nSPS) is 12.7. The summed E-state index contributed by atoms with van der Waals surface area (Å²) in [5.41, 5.74) is 2.21. The van der Waals surface area contributed by atoms with Crippen molar-refractivity contribution in [3.05, 3.63) is 51.6 Å². The quantitative estimate of drug-likeness (QED) is 0.930. The number of aromatic nitrogens is 1. The third-order valence-electron chi connectivity index (χ3n) is 3.00. The van der Waals surface area contributed by atoms with Crippen molar-refractivity contribution in [3.63, 3.8) is 0 Å². The number of hydrogen-bond acceptors (Lipinski definition) is 3. The van der Waals surface area contributed by atoms with E-state index in [2.05, 4.69) is 45.3 Å². The molecule has 0 amide bonds. The molecule has 1 aromatic heterocycles. The van der Waals surface area contributed by atoms with Crippen LogP contribution in [-0.4, -0.2) is 4.98 Å². The lowest BCUT2D eigenvalue weighted by atomic mass is 10.1. The highest BCUT2D eigenvalue weighted by Crippen LogP contribution is 2.17. The van der Waals surface area contributed by atoms with E-state index in [0.29, 0.717) is 6.54 Å². The second kappa shape index (κ2) is 5.67. The SMILES string of the molecule is Cc1nc(CNC(C)c2ccc(Br)cc2)oc1C. The van der Waals surface area contributed by atoms with Gasteiger partial charge < -0.3 is 9.73 Å².